The van der Waals surface area contributed by atoms with Gasteiger partial charge in [0.25, 0.3) is 0 Å². The molecule has 2 rings (SSSR count). The topological polar surface area (TPSA) is 59.9 Å². The number of anilines is 1. The predicted octanol–water partition coefficient (Wildman–Crippen LogP) is 3.46. The Bertz CT molecular complexity index is 586. The number of pyridine rings is 1. The second-order valence-electron chi connectivity index (χ2n) is 4.88. The van der Waals surface area contributed by atoms with Crippen LogP contribution in [-0.2, 0) is 0 Å². The Labute approximate surface area is 125 Å². The molecule has 2 aromatic heterocycles. The first-order valence-corrected chi connectivity index (χ1v) is 7.40. The van der Waals surface area contributed by atoms with Gasteiger partial charge in [-0.25, -0.2) is 9.97 Å². The van der Waals surface area contributed by atoms with Crippen molar-refractivity contribution < 1.29 is 4.74 Å². The number of rotatable bonds is 7. The van der Waals surface area contributed by atoms with Crippen molar-refractivity contribution in [1.82, 2.24) is 15.0 Å². The predicted molar refractivity (Wildman–Crippen MR) is 84.6 cm³/mol. The molecule has 1 N–H and O–H groups in total. The summed E-state index contributed by atoms with van der Waals surface area (Å²) >= 11 is 0. The highest BCUT2D eigenvalue weighted by molar-refractivity contribution is 5.68. The molecule has 0 bridgehead atoms. The monoisotopic (exact) mass is 286 g/mol. The van der Waals surface area contributed by atoms with E-state index >= 15 is 0 Å². The van der Waals surface area contributed by atoms with Gasteiger partial charge in [-0.15, -0.1) is 0 Å². The first kappa shape index (κ1) is 15.2. The van der Waals surface area contributed by atoms with E-state index in [1.54, 1.807) is 18.7 Å². The third-order valence-electron chi connectivity index (χ3n) is 3.09. The zero-order chi connectivity index (χ0) is 15.1. The normalized spacial score (nSPS) is 10.4. The maximum Gasteiger partial charge on any atom is 0.138 e. The largest absolute Gasteiger partial charge is 0.492 e. The van der Waals surface area contributed by atoms with Crippen LogP contribution in [0.3, 0.4) is 0 Å². The zero-order valence-corrected chi connectivity index (χ0v) is 12.9. The lowest BCUT2D eigenvalue weighted by atomic mass is 10.1. The molecule has 0 radical (unpaired) electrons. The van der Waals surface area contributed by atoms with E-state index in [0.717, 1.165) is 47.8 Å². The molecular formula is C16H22N4O. The molecule has 0 spiro atoms. The van der Waals surface area contributed by atoms with Crippen molar-refractivity contribution in [3.8, 4) is 17.0 Å². The van der Waals surface area contributed by atoms with E-state index in [2.05, 4.69) is 34.1 Å². The Morgan fingerprint density at radius 1 is 1.14 bits per heavy atom. The molecule has 5 heteroatoms. The zero-order valence-electron chi connectivity index (χ0n) is 12.9. The van der Waals surface area contributed by atoms with Crippen molar-refractivity contribution in [1.29, 1.82) is 0 Å². The van der Waals surface area contributed by atoms with Crippen molar-refractivity contribution in [2.45, 2.75) is 33.6 Å². The summed E-state index contributed by atoms with van der Waals surface area (Å²) in [7, 11) is 0. The van der Waals surface area contributed by atoms with E-state index in [1.165, 1.54) is 0 Å². The first-order valence-electron chi connectivity index (χ1n) is 7.40. The molecule has 0 saturated carbocycles. The van der Waals surface area contributed by atoms with Gasteiger partial charge < -0.3 is 10.1 Å². The Morgan fingerprint density at radius 2 is 2.00 bits per heavy atom. The summed E-state index contributed by atoms with van der Waals surface area (Å²) in [5, 5.41) is 3.32. The quantitative estimate of drug-likeness (QED) is 0.844. The molecule has 0 saturated heterocycles. The molecule has 2 heterocycles. The first-order chi connectivity index (χ1) is 10.3. The molecule has 0 aliphatic carbocycles. The smallest absolute Gasteiger partial charge is 0.138 e. The van der Waals surface area contributed by atoms with Crippen LogP contribution in [0.4, 0.5) is 5.82 Å². The van der Waals surface area contributed by atoms with E-state index in [9.17, 15) is 0 Å². The standard InChI is InChI=1S/C16H22N4O/c1-4-6-18-16-12(3)15(19-11-20-16)13-8-14(10-17-9-13)21-7-5-2/h8-11H,4-7H2,1-3H3,(H,18,19,20). The molecule has 0 amide bonds. The van der Waals surface area contributed by atoms with Crippen molar-refractivity contribution in [2.24, 2.45) is 0 Å². The van der Waals surface area contributed by atoms with Gasteiger partial charge in [-0.3, -0.25) is 4.98 Å². The molecule has 0 aliphatic rings. The van der Waals surface area contributed by atoms with Crippen LogP contribution in [0.2, 0.25) is 0 Å². The van der Waals surface area contributed by atoms with E-state index < -0.39 is 0 Å². The van der Waals surface area contributed by atoms with E-state index in [-0.39, 0.29) is 0 Å². The second kappa shape index (κ2) is 7.57. The van der Waals surface area contributed by atoms with Crippen LogP contribution in [0.15, 0.2) is 24.8 Å². The minimum Gasteiger partial charge on any atom is -0.492 e. The van der Waals surface area contributed by atoms with Gasteiger partial charge in [0, 0.05) is 23.9 Å². The molecular weight excluding hydrogens is 264 g/mol. The molecule has 21 heavy (non-hydrogen) atoms. The molecule has 0 atom stereocenters. The summed E-state index contributed by atoms with van der Waals surface area (Å²) < 4.78 is 5.63. The minimum atomic E-state index is 0.692. The van der Waals surface area contributed by atoms with Crippen LogP contribution in [0.5, 0.6) is 5.75 Å². The van der Waals surface area contributed by atoms with E-state index in [1.807, 2.05) is 13.0 Å². The summed E-state index contributed by atoms with van der Waals surface area (Å²) in [6.07, 6.45) is 7.14. The Hall–Kier alpha value is -2.17. The Balaban J connectivity index is 2.28. The maximum atomic E-state index is 5.63. The van der Waals surface area contributed by atoms with Gasteiger partial charge in [-0.05, 0) is 25.8 Å². The van der Waals surface area contributed by atoms with Crippen molar-refractivity contribution in [3.63, 3.8) is 0 Å². The van der Waals surface area contributed by atoms with Gasteiger partial charge in [-0.1, -0.05) is 13.8 Å². The van der Waals surface area contributed by atoms with Gasteiger partial charge in [0.2, 0.25) is 0 Å². The molecule has 0 aromatic carbocycles. The Kier molecular flexibility index (Phi) is 5.49. The third kappa shape index (κ3) is 3.90. The average Bonchev–Trinajstić information content (AvgIpc) is 2.52. The van der Waals surface area contributed by atoms with Crippen LogP contribution < -0.4 is 10.1 Å². The molecule has 0 aliphatic heterocycles. The fraction of sp³-hybridized carbons (Fsp3) is 0.438. The molecule has 0 unspecified atom stereocenters. The maximum absolute atomic E-state index is 5.63. The highest BCUT2D eigenvalue weighted by atomic mass is 16.5. The van der Waals surface area contributed by atoms with Crippen LogP contribution in [-0.4, -0.2) is 28.1 Å². The molecule has 0 fully saturated rings. The van der Waals surface area contributed by atoms with Crippen LogP contribution in [0.1, 0.15) is 32.3 Å². The van der Waals surface area contributed by atoms with Crippen LogP contribution >= 0.6 is 0 Å². The number of aromatic nitrogens is 3. The van der Waals surface area contributed by atoms with Gasteiger partial charge in [-0.2, -0.15) is 0 Å². The van der Waals surface area contributed by atoms with Crippen molar-refractivity contribution >= 4 is 5.82 Å². The third-order valence-corrected chi connectivity index (χ3v) is 3.09. The summed E-state index contributed by atoms with van der Waals surface area (Å²) in [6.45, 7) is 7.82. The van der Waals surface area contributed by atoms with Gasteiger partial charge in [0.05, 0.1) is 18.5 Å². The number of hydrogen-bond donors (Lipinski definition) is 1. The SMILES string of the molecule is CCCNc1ncnc(-c2cncc(OCCC)c2)c1C. The number of ether oxygens (including phenoxy) is 1. The van der Waals surface area contributed by atoms with Gasteiger partial charge in [0.1, 0.15) is 17.9 Å². The molecule has 112 valence electrons. The summed E-state index contributed by atoms with van der Waals surface area (Å²) in [4.78, 5) is 12.9. The summed E-state index contributed by atoms with van der Waals surface area (Å²) in [5.41, 5.74) is 2.86. The fourth-order valence-corrected chi connectivity index (χ4v) is 2.01. The van der Waals surface area contributed by atoms with Crippen LogP contribution in [0, 0.1) is 6.92 Å². The van der Waals surface area contributed by atoms with Crippen molar-refractivity contribution in [3.05, 3.63) is 30.4 Å². The lowest BCUT2D eigenvalue weighted by molar-refractivity contribution is 0.316. The highest BCUT2D eigenvalue weighted by Gasteiger charge is 2.10. The molecule has 2 aromatic rings. The lowest BCUT2D eigenvalue weighted by Gasteiger charge is -2.11. The molecule has 5 nitrogen and oxygen atoms in total. The summed E-state index contributed by atoms with van der Waals surface area (Å²) in [6, 6.07) is 1.97. The summed E-state index contributed by atoms with van der Waals surface area (Å²) in [5.74, 6) is 1.65. The second-order valence-corrected chi connectivity index (χ2v) is 4.88. The fourth-order valence-electron chi connectivity index (χ4n) is 2.01. The lowest BCUT2D eigenvalue weighted by Crippen LogP contribution is -2.05. The minimum absolute atomic E-state index is 0.692. The van der Waals surface area contributed by atoms with Gasteiger partial charge >= 0.3 is 0 Å². The highest BCUT2D eigenvalue weighted by Crippen LogP contribution is 2.26. The van der Waals surface area contributed by atoms with Crippen molar-refractivity contribution in [2.75, 3.05) is 18.5 Å². The van der Waals surface area contributed by atoms with Gasteiger partial charge in [0.15, 0.2) is 0 Å². The average molecular weight is 286 g/mol. The Morgan fingerprint density at radius 3 is 2.76 bits per heavy atom. The number of hydrogen-bond acceptors (Lipinski definition) is 5. The number of nitrogens with one attached hydrogen (secondary N) is 1. The number of nitrogens with zero attached hydrogens (tertiary/aromatic N) is 3. The van der Waals surface area contributed by atoms with E-state index in [4.69, 9.17) is 4.74 Å². The van der Waals surface area contributed by atoms with Crippen LogP contribution in [0.25, 0.3) is 11.3 Å². The van der Waals surface area contributed by atoms with E-state index in [0.29, 0.717) is 6.61 Å².